The van der Waals surface area contributed by atoms with Crippen molar-refractivity contribution in [2.45, 2.75) is 25.4 Å². The van der Waals surface area contributed by atoms with E-state index in [1.165, 1.54) is 12.1 Å². The molecule has 0 fully saturated rings. The number of hydrogen-bond donors (Lipinski definition) is 3. The predicted octanol–water partition coefficient (Wildman–Crippen LogP) is 1.84. The van der Waals surface area contributed by atoms with Crippen molar-refractivity contribution < 1.29 is 9.50 Å². The highest BCUT2D eigenvalue weighted by Crippen LogP contribution is 2.23. The molecule has 0 saturated heterocycles. The van der Waals surface area contributed by atoms with Crippen LogP contribution in [0.25, 0.3) is 0 Å². The van der Waals surface area contributed by atoms with Gasteiger partial charge >= 0.3 is 0 Å². The maximum absolute atomic E-state index is 12.9. The van der Waals surface area contributed by atoms with Gasteiger partial charge in [0.05, 0.1) is 0 Å². The largest absolute Gasteiger partial charge is 0.396 e. The quantitative estimate of drug-likeness (QED) is 0.732. The Labute approximate surface area is 106 Å². The normalized spacial score (nSPS) is 14.6. The molecule has 0 aromatic heterocycles. The number of nitrogens with two attached hydrogens (primary N) is 1. The number of hydrogen-bond acceptors (Lipinski definition) is 3. The van der Waals surface area contributed by atoms with Crippen molar-refractivity contribution in [2.75, 3.05) is 13.2 Å². The van der Waals surface area contributed by atoms with Gasteiger partial charge in [-0.05, 0) is 31.0 Å². The van der Waals surface area contributed by atoms with Crippen molar-refractivity contribution in [3.63, 3.8) is 0 Å². The van der Waals surface area contributed by atoms with Gasteiger partial charge in [0.1, 0.15) is 5.82 Å². The summed E-state index contributed by atoms with van der Waals surface area (Å²) < 4.78 is 12.9. The SMILES string of the molecule is CC(CCO)NC(CN)c1ccc(F)cc1Cl. The Morgan fingerprint density at radius 1 is 1.53 bits per heavy atom. The molecule has 3 nitrogen and oxygen atoms in total. The number of aliphatic hydroxyl groups excluding tert-OH is 1. The van der Waals surface area contributed by atoms with Crippen molar-refractivity contribution in [3.8, 4) is 0 Å². The van der Waals surface area contributed by atoms with E-state index in [0.29, 0.717) is 18.0 Å². The van der Waals surface area contributed by atoms with E-state index in [1.807, 2.05) is 6.92 Å². The Bertz CT molecular complexity index is 362. The van der Waals surface area contributed by atoms with E-state index < -0.39 is 0 Å². The molecule has 0 aliphatic carbocycles. The lowest BCUT2D eigenvalue weighted by atomic mass is 10.1. The first kappa shape index (κ1) is 14.4. The molecule has 2 unspecified atom stereocenters. The Kier molecular flexibility index (Phi) is 5.85. The minimum atomic E-state index is -0.363. The predicted molar refractivity (Wildman–Crippen MR) is 67.5 cm³/mol. The van der Waals surface area contributed by atoms with E-state index in [2.05, 4.69) is 5.32 Å². The van der Waals surface area contributed by atoms with E-state index in [9.17, 15) is 4.39 Å². The van der Waals surface area contributed by atoms with Crippen molar-refractivity contribution in [3.05, 3.63) is 34.6 Å². The third kappa shape index (κ3) is 4.24. The Hall–Kier alpha value is -0.680. The molecule has 0 saturated carbocycles. The minimum Gasteiger partial charge on any atom is -0.396 e. The van der Waals surface area contributed by atoms with Gasteiger partial charge in [-0.25, -0.2) is 4.39 Å². The van der Waals surface area contributed by atoms with E-state index in [4.69, 9.17) is 22.4 Å². The van der Waals surface area contributed by atoms with Crippen LogP contribution >= 0.6 is 11.6 Å². The van der Waals surface area contributed by atoms with Gasteiger partial charge in [0.2, 0.25) is 0 Å². The Morgan fingerprint density at radius 2 is 2.24 bits per heavy atom. The summed E-state index contributed by atoms with van der Waals surface area (Å²) in [5.41, 5.74) is 6.46. The summed E-state index contributed by atoms with van der Waals surface area (Å²) in [5, 5.41) is 12.5. The van der Waals surface area contributed by atoms with Crippen molar-refractivity contribution in [1.82, 2.24) is 5.32 Å². The fraction of sp³-hybridized carbons (Fsp3) is 0.500. The second-order valence-electron chi connectivity index (χ2n) is 4.03. The van der Waals surface area contributed by atoms with Gasteiger partial charge < -0.3 is 16.2 Å². The fourth-order valence-electron chi connectivity index (χ4n) is 1.69. The first-order valence-corrected chi connectivity index (χ1v) is 5.98. The summed E-state index contributed by atoms with van der Waals surface area (Å²) in [6, 6.07) is 4.26. The highest BCUT2D eigenvalue weighted by Gasteiger charge is 2.15. The van der Waals surface area contributed by atoms with Gasteiger partial charge in [-0.15, -0.1) is 0 Å². The first-order chi connectivity index (χ1) is 8.08. The molecule has 1 rings (SSSR count). The van der Waals surface area contributed by atoms with E-state index in [1.54, 1.807) is 6.07 Å². The van der Waals surface area contributed by atoms with Gasteiger partial charge in [0.15, 0.2) is 0 Å². The fourth-order valence-corrected chi connectivity index (χ4v) is 1.99. The molecule has 1 aromatic carbocycles. The van der Waals surface area contributed by atoms with Crippen LogP contribution in [0.3, 0.4) is 0 Å². The smallest absolute Gasteiger partial charge is 0.124 e. The summed E-state index contributed by atoms with van der Waals surface area (Å²) in [6.45, 7) is 2.43. The van der Waals surface area contributed by atoms with E-state index >= 15 is 0 Å². The summed E-state index contributed by atoms with van der Waals surface area (Å²) in [5.74, 6) is -0.363. The van der Waals surface area contributed by atoms with Crippen LogP contribution in [0, 0.1) is 5.82 Å². The molecule has 0 bridgehead atoms. The van der Waals surface area contributed by atoms with Crippen molar-refractivity contribution in [2.24, 2.45) is 5.73 Å². The van der Waals surface area contributed by atoms with Gasteiger partial charge in [-0.2, -0.15) is 0 Å². The Morgan fingerprint density at radius 3 is 2.76 bits per heavy atom. The number of benzene rings is 1. The molecule has 0 aliphatic heterocycles. The molecule has 4 N–H and O–H groups in total. The van der Waals surface area contributed by atoms with Crippen molar-refractivity contribution in [1.29, 1.82) is 0 Å². The van der Waals surface area contributed by atoms with Gasteiger partial charge in [-0.1, -0.05) is 17.7 Å². The van der Waals surface area contributed by atoms with Crippen LogP contribution in [0.2, 0.25) is 5.02 Å². The average Bonchev–Trinajstić information content (AvgIpc) is 2.27. The molecule has 96 valence electrons. The highest BCUT2D eigenvalue weighted by molar-refractivity contribution is 6.31. The summed E-state index contributed by atoms with van der Waals surface area (Å²) in [4.78, 5) is 0. The van der Waals surface area contributed by atoms with Gasteiger partial charge in [0, 0.05) is 30.3 Å². The zero-order chi connectivity index (χ0) is 12.8. The number of nitrogens with one attached hydrogen (secondary N) is 1. The van der Waals surface area contributed by atoms with Crippen molar-refractivity contribution >= 4 is 11.6 Å². The monoisotopic (exact) mass is 260 g/mol. The maximum atomic E-state index is 12.9. The Balaban J connectivity index is 2.79. The lowest BCUT2D eigenvalue weighted by Gasteiger charge is -2.23. The zero-order valence-electron chi connectivity index (χ0n) is 9.79. The molecule has 0 amide bonds. The number of halogens is 2. The molecule has 1 aromatic rings. The van der Waals surface area contributed by atoms with E-state index in [0.717, 1.165) is 5.56 Å². The summed E-state index contributed by atoms with van der Waals surface area (Å²) in [6.07, 6.45) is 0.634. The summed E-state index contributed by atoms with van der Waals surface area (Å²) >= 11 is 5.98. The third-order valence-corrected chi connectivity index (χ3v) is 2.95. The van der Waals surface area contributed by atoms with E-state index in [-0.39, 0.29) is 24.5 Å². The van der Waals surface area contributed by atoms with Gasteiger partial charge in [0.25, 0.3) is 0 Å². The average molecular weight is 261 g/mol. The van der Waals surface area contributed by atoms with Crippen LogP contribution < -0.4 is 11.1 Å². The van der Waals surface area contributed by atoms with Gasteiger partial charge in [-0.3, -0.25) is 0 Å². The number of aliphatic hydroxyl groups is 1. The topological polar surface area (TPSA) is 58.3 Å². The first-order valence-electron chi connectivity index (χ1n) is 5.60. The molecule has 0 heterocycles. The lowest BCUT2D eigenvalue weighted by molar-refractivity contribution is 0.263. The second-order valence-corrected chi connectivity index (χ2v) is 4.44. The maximum Gasteiger partial charge on any atom is 0.124 e. The van der Waals surface area contributed by atoms with Crippen LogP contribution in [-0.2, 0) is 0 Å². The number of rotatable bonds is 6. The molecule has 17 heavy (non-hydrogen) atoms. The standard InChI is InChI=1S/C12H18ClFN2O/c1-8(4-5-17)16-12(7-15)10-3-2-9(14)6-11(10)13/h2-3,6,8,12,16-17H,4-5,7,15H2,1H3. The lowest BCUT2D eigenvalue weighted by Crippen LogP contribution is -2.35. The van der Waals surface area contributed by atoms with Crippen LogP contribution in [0.4, 0.5) is 4.39 Å². The molecule has 0 aliphatic rings. The minimum absolute atomic E-state index is 0.114. The molecular weight excluding hydrogens is 243 g/mol. The highest BCUT2D eigenvalue weighted by atomic mass is 35.5. The third-order valence-electron chi connectivity index (χ3n) is 2.62. The molecule has 2 atom stereocenters. The molecule has 0 radical (unpaired) electrons. The van der Waals surface area contributed by atoms with Crippen LogP contribution in [0.5, 0.6) is 0 Å². The van der Waals surface area contributed by atoms with Crippen LogP contribution in [0.15, 0.2) is 18.2 Å². The molecular formula is C12H18ClFN2O. The van der Waals surface area contributed by atoms with Crippen LogP contribution in [-0.4, -0.2) is 24.3 Å². The zero-order valence-corrected chi connectivity index (χ0v) is 10.5. The molecule has 0 spiro atoms. The summed E-state index contributed by atoms with van der Waals surface area (Å²) in [7, 11) is 0. The molecule has 5 heteroatoms. The second kappa shape index (κ2) is 6.91. The van der Waals surface area contributed by atoms with Crippen LogP contribution in [0.1, 0.15) is 24.9 Å².